The summed E-state index contributed by atoms with van der Waals surface area (Å²) in [6.45, 7) is 61.7. The van der Waals surface area contributed by atoms with Gasteiger partial charge in [0, 0.05) is 13.2 Å². The zero-order chi connectivity index (χ0) is 37.1. The highest BCUT2D eigenvalue weighted by molar-refractivity contribution is 7.80. The van der Waals surface area contributed by atoms with Crippen LogP contribution in [0, 0.1) is 0 Å². The number of rotatable bonds is 13. The van der Waals surface area contributed by atoms with Crippen LogP contribution in [0.15, 0.2) is 118 Å². The minimum absolute atomic E-state index is 0.0911. The molecule has 3 N–H and O–H groups in total. The van der Waals surface area contributed by atoms with Crippen LogP contribution in [0.5, 0.6) is 0 Å². The van der Waals surface area contributed by atoms with E-state index >= 15 is 0 Å². The summed E-state index contributed by atoms with van der Waals surface area (Å²) < 4.78 is 37.6. The number of aliphatic hydroxyl groups excluding tert-OH is 2. The fourth-order valence-corrected chi connectivity index (χ4v) is 1.93. The smallest absolute Gasteiger partial charge is 0.394 e. The third-order valence-electron chi connectivity index (χ3n) is 2.74. The molecule has 0 aromatic heterocycles. The van der Waals surface area contributed by atoms with E-state index in [9.17, 15) is 8.42 Å². The van der Waals surface area contributed by atoms with Gasteiger partial charge in [-0.05, 0) is 20.3 Å². The van der Waals surface area contributed by atoms with Crippen molar-refractivity contribution in [2.45, 2.75) is 72.1 Å². The Morgan fingerprint density at radius 3 is 0.881 bits per heavy atom. The van der Waals surface area contributed by atoms with Gasteiger partial charge < -0.3 is 14.9 Å². The number of aliphatic hydroxyl groups is 2. The average molecular weight is 627 g/mol. The summed E-state index contributed by atoms with van der Waals surface area (Å²) in [5.74, 6) is 0. The van der Waals surface area contributed by atoms with Crippen LogP contribution < -0.4 is 0 Å². The third-order valence-corrected chi connectivity index (χ3v) is 3.20. The average Bonchev–Trinajstić information content (AvgIpc) is 3.09. The van der Waals surface area contributed by atoms with E-state index in [2.05, 4.69) is 130 Å². The zero-order valence-corrected chi connectivity index (χ0v) is 29.1. The summed E-state index contributed by atoms with van der Waals surface area (Å²) >= 11 is 0. The van der Waals surface area contributed by atoms with Gasteiger partial charge in [-0.3, -0.25) is 4.55 Å². The molecule has 0 rings (SSSR count). The Balaban J connectivity index is -0.0000000279. The fourth-order valence-electron chi connectivity index (χ4n) is 1.60. The molecule has 0 aliphatic heterocycles. The number of hydrogen-bond acceptors (Lipinski definition) is 6. The lowest BCUT2D eigenvalue weighted by Gasteiger charge is -2.01. The van der Waals surface area contributed by atoms with Gasteiger partial charge in [0.1, 0.15) is 0 Å². The maximum absolute atomic E-state index is 10.2. The Kier molecular flexibility index (Phi) is 292. The molecule has 0 unspecified atom stereocenters. The van der Waals surface area contributed by atoms with Crippen molar-refractivity contribution < 1.29 is 32.1 Å². The summed E-state index contributed by atoms with van der Waals surface area (Å²) in [6, 6.07) is 0. The predicted octanol–water partition coefficient (Wildman–Crippen LogP) is 10.2. The molecule has 42 heavy (non-hydrogen) atoms. The second-order valence-corrected chi connectivity index (χ2v) is 6.04. The van der Waals surface area contributed by atoms with Gasteiger partial charge in [0.2, 0.25) is 0 Å². The van der Waals surface area contributed by atoms with E-state index in [1.807, 2.05) is 13.8 Å². The summed E-state index contributed by atoms with van der Waals surface area (Å²) in [5, 5.41) is 15.2. The van der Waals surface area contributed by atoms with E-state index in [4.69, 9.17) is 19.5 Å². The van der Waals surface area contributed by atoms with E-state index < -0.39 is 10.4 Å². The maximum atomic E-state index is 10.2. The van der Waals surface area contributed by atoms with Crippen LogP contribution in [-0.2, 0) is 19.3 Å². The molecule has 0 aromatic carbocycles. The molecule has 0 heterocycles. The van der Waals surface area contributed by atoms with Crippen molar-refractivity contribution in [2.24, 2.45) is 0 Å². The van der Waals surface area contributed by atoms with Crippen molar-refractivity contribution in [1.29, 1.82) is 0 Å². The van der Waals surface area contributed by atoms with Crippen LogP contribution in [0.3, 0.4) is 0 Å². The summed E-state index contributed by atoms with van der Waals surface area (Å²) in [4.78, 5) is 0. The molecule has 0 spiro atoms. The highest BCUT2D eigenvalue weighted by Gasteiger charge is 2.02. The van der Waals surface area contributed by atoms with Gasteiger partial charge in [-0.25, -0.2) is 4.18 Å². The normalized spacial score (nSPS) is 6.81. The van der Waals surface area contributed by atoms with Gasteiger partial charge in [0.25, 0.3) is 0 Å². The van der Waals surface area contributed by atoms with E-state index in [1.165, 1.54) is 32.1 Å². The standard InChI is InChI=1S/C10H22O4S.C4H10O.C2H6O2.9C2H4/c1-2-3-4-5-6-7-8-9-10-14-15(11,12)13;1-3-5-4-2;3-1-2-4;9*1-2/h2-10H2,1H3,(H,11,12,13);3-4H2,1-2H3;3-4H,1-2H2;9*1-2H2. The molecular formula is C34H74O7S. The molecule has 0 atom stereocenters. The van der Waals surface area contributed by atoms with Gasteiger partial charge in [0.15, 0.2) is 0 Å². The number of ether oxygens (including phenoxy) is 1. The lowest BCUT2D eigenvalue weighted by atomic mass is 10.1. The van der Waals surface area contributed by atoms with Crippen molar-refractivity contribution in [3.8, 4) is 0 Å². The molecule has 0 aliphatic carbocycles. The first kappa shape index (κ1) is 77.4. The Labute approximate surface area is 265 Å². The maximum Gasteiger partial charge on any atom is 0.397 e. The molecule has 258 valence electrons. The van der Waals surface area contributed by atoms with Crippen molar-refractivity contribution in [3.05, 3.63) is 118 Å². The van der Waals surface area contributed by atoms with Crippen molar-refractivity contribution in [3.63, 3.8) is 0 Å². The lowest BCUT2D eigenvalue weighted by molar-refractivity contribution is 0.162. The lowest BCUT2D eigenvalue weighted by Crippen LogP contribution is -2.04. The number of hydrogen-bond donors (Lipinski definition) is 3. The van der Waals surface area contributed by atoms with Gasteiger partial charge in [-0.15, -0.1) is 118 Å². The molecule has 0 aliphatic rings. The molecule has 0 bridgehead atoms. The molecule has 0 amide bonds. The van der Waals surface area contributed by atoms with Crippen molar-refractivity contribution >= 4 is 10.4 Å². The van der Waals surface area contributed by atoms with Crippen molar-refractivity contribution in [2.75, 3.05) is 33.0 Å². The second kappa shape index (κ2) is 159. The topological polar surface area (TPSA) is 113 Å². The molecule has 0 aromatic rings. The second-order valence-electron chi connectivity index (χ2n) is 4.95. The molecule has 0 saturated carbocycles. The van der Waals surface area contributed by atoms with Crippen molar-refractivity contribution in [1.82, 2.24) is 0 Å². The molecule has 0 saturated heterocycles. The molecule has 0 radical (unpaired) electrons. The molecule has 7 nitrogen and oxygen atoms in total. The minimum Gasteiger partial charge on any atom is -0.394 e. The van der Waals surface area contributed by atoms with Gasteiger partial charge in [0.05, 0.1) is 19.8 Å². The van der Waals surface area contributed by atoms with E-state index in [-0.39, 0.29) is 19.8 Å². The highest BCUT2D eigenvalue weighted by atomic mass is 32.3. The van der Waals surface area contributed by atoms with E-state index in [0.717, 1.165) is 26.1 Å². The Bertz CT molecular complexity index is 388. The first-order valence-corrected chi connectivity index (χ1v) is 14.7. The van der Waals surface area contributed by atoms with E-state index in [1.54, 1.807) is 0 Å². The van der Waals surface area contributed by atoms with Crippen LogP contribution in [0.4, 0.5) is 0 Å². The Morgan fingerprint density at radius 2 is 0.714 bits per heavy atom. The van der Waals surface area contributed by atoms with Gasteiger partial charge in [-0.2, -0.15) is 8.42 Å². The Morgan fingerprint density at radius 1 is 0.476 bits per heavy atom. The van der Waals surface area contributed by atoms with Crippen LogP contribution >= 0.6 is 0 Å². The molecular weight excluding hydrogens is 552 g/mol. The quantitative estimate of drug-likeness (QED) is 0.106. The molecule has 0 fully saturated rings. The van der Waals surface area contributed by atoms with Crippen LogP contribution in [0.25, 0.3) is 0 Å². The predicted molar refractivity (Wildman–Crippen MR) is 198 cm³/mol. The third kappa shape index (κ3) is 322. The Hall–Kier alpha value is -2.59. The molecule has 8 heteroatoms. The first-order chi connectivity index (χ1) is 20.4. The monoisotopic (exact) mass is 627 g/mol. The first-order valence-electron chi connectivity index (χ1n) is 13.3. The van der Waals surface area contributed by atoms with Crippen LogP contribution in [0.2, 0.25) is 0 Å². The summed E-state index contributed by atoms with van der Waals surface area (Å²) in [6.07, 6.45) is 9.05. The largest absolute Gasteiger partial charge is 0.397 e. The van der Waals surface area contributed by atoms with Crippen LogP contribution in [0.1, 0.15) is 72.1 Å². The van der Waals surface area contributed by atoms with Gasteiger partial charge >= 0.3 is 10.4 Å². The minimum atomic E-state index is -4.23. The number of unbranched alkanes of at least 4 members (excludes halogenated alkanes) is 7. The highest BCUT2D eigenvalue weighted by Crippen LogP contribution is 2.08. The summed E-state index contributed by atoms with van der Waals surface area (Å²) in [5.41, 5.74) is 0. The van der Waals surface area contributed by atoms with E-state index in [0.29, 0.717) is 6.42 Å². The van der Waals surface area contributed by atoms with Crippen LogP contribution in [-0.4, -0.2) is 56.2 Å². The fraction of sp³-hybridized carbons (Fsp3) is 0.471. The zero-order valence-electron chi connectivity index (χ0n) is 28.3. The van der Waals surface area contributed by atoms with Gasteiger partial charge in [-0.1, -0.05) is 51.9 Å². The SMILES string of the molecule is C=C.C=C.C=C.C=C.C=C.C=C.C=C.C=C.C=C.CCCCCCCCCCOS(=O)(=O)O.CCOCC.OCCO. The summed E-state index contributed by atoms with van der Waals surface area (Å²) in [7, 11) is -4.23.